The van der Waals surface area contributed by atoms with Crippen LogP contribution in [-0.2, 0) is 0 Å². The fourth-order valence-electron chi connectivity index (χ4n) is 3.35. The van der Waals surface area contributed by atoms with Crippen molar-refractivity contribution in [3.8, 4) is 0 Å². The molecule has 0 amide bonds. The quantitative estimate of drug-likeness (QED) is 0.827. The van der Waals surface area contributed by atoms with E-state index in [2.05, 4.69) is 45.1 Å². The first-order chi connectivity index (χ1) is 8.39. The maximum atomic E-state index is 6.26. The van der Waals surface area contributed by atoms with Crippen molar-refractivity contribution in [2.24, 2.45) is 11.3 Å². The van der Waals surface area contributed by atoms with Gasteiger partial charge in [0.2, 0.25) is 0 Å². The molecule has 2 rings (SSSR count). The highest BCUT2D eigenvalue weighted by Gasteiger charge is 2.37. The predicted molar refractivity (Wildman–Crippen MR) is 79.0 cm³/mol. The van der Waals surface area contributed by atoms with Crippen LogP contribution >= 0.6 is 11.6 Å². The molecular formula is C16H24ClN. The molecule has 0 aliphatic heterocycles. The molecule has 2 heteroatoms. The highest BCUT2D eigenvalue weighted by Crippen LogP contribution is 2.41. The van der Waals surface area contributed by atoms with E-state index in [1.807, 2.05) is 12.1 Å². The first-order valence-electron chi connectivity index (χ1n) is 6.89. The Bertz CT molecular complexity index is 413. The first-order valence-corrected chi connectivity index (χ1v) is 7.27. The summed E-state index contributed by atoms with van der Waals surface area (Å²) in [7, 11) is 0. The van der Waals surface area contributed by atoms with Crippen molar-refractivity contribution >= 4 is 11.6 Å². The van der Waals surface area contributed by atoms with E-state index in [0.29, 0.717) is 17.5 Å². The second-order valence-corrected chi connectivity index (χ2v) is 6.97. The molecule has 0 aromatic heterocycles. The molecule has 0 radical (unpaired) electrons. The van der Waals surface area contributed by atoms with Crippen LogP contribution < -0.4 is 5.32 Å². The fraction of sp³-hybridized carbons (Fsp3) is 0.625. The number of benzene rings is 1. The summed E-state index contributed by atoms with van der Waals surface area (Å²) in [6, 6.07) is 9.05. The zero-order chi connectivity index (χ0) is 13.3. The minimum Gasteiger partial charge on any atom is -0.307 e. The van der Waals surface area contributed by atoms with E-state index in [9.17, 15) is 0 Å². The summed E-state index contributed by atoms with van der Waals surface area (Å²) in [6.07, 6.45) is 2.56. The van der Waals surface area contributed by atoms with Crippen LogP contribution in [0.25, 0.3) is 0 Å². The van der Waals surface area contributed by atoms with E-state index < -0.39 is 0 Å². The van der Waals surface area contributed by atoms with E-state index >= 15 is 0 Å². The summed E-state index contributed by atoms with van der Waals surface area (Å²) >= 11 is 6.26. The molecule has 0 spiro atoms. The lowest BCUT2D eigenvalue weighted by Crippen LogP contribution is -2.33. The van der Waals surface area contributed by atoms with Crippen LogP contribution in [0.4, 0.5) is 0 Å². The molecule has 1 N–H and O–H groups in total. The normalized spacial score (nSPS) is 28.3. The van der Waals surface area contributed by atoms with Gasteiger partial charge in [0.25, 0.3) is 0 Å². The van der Waals surface area contributed by atoms with Crippen LogP contribution in [0, 0.1) is 11.3 Å². The van der Waals surface area contributed by atoms with Crippen LogP contribution in [-0.4, -0.2) is 6.04 Å². The topological polar surface area (TPSA) is 12.0 Å². The number of rotatable bonds is 3. The van der Waals surface area contributed by atoms with E-state index in [1.54, 1.807) is 0 Å². The maximum Gasteiger partial charge on any atom is 0.0453 e. The van der Waals surface area contributed by atoms with E-state index in [-0.39, 0.29) is 0 Å². The van der Waals surface area contributed by atoms with Crippen molar-refractivity contribution in [2.75, 3.05) is 0 Å². The molecule has 2 unspecified atom stereocenters. The summed E-state index contributed by atoms with van der Waals surface area (Å²) in [5.74, 6) is 0.741. The van der Waals surface area contributed by atoms with Gasteiger partial charge < -0.3 is 5.32 Å². The third kappa shape index (κ3) is 3.07. The van der Waals surface area contributed by atoms with Crippen LogP contribution in [0.15, 0.2) is 24.3 Å². The van der Waals surface area contributed by atoms with Gasteiger partial charge in [-0.1, -0.05) is 50.6 Å². The zero-order valence-electron chi connectivity index (χ0n) is 11.8. The Balaban J connectivity index is 2.04. The van der Waals surface area contributed by atoms with Crippen molar-refractivity contribution < 1.29 is 0 Å². The standard InChI is InChI=1S/C16H24ClN/c1-11-9-16(3,4)10-15(11)18-12(2)13-7-5-6-8-14(13)17/h5-8,11-12,15,18H,9-10H2,1-4H3/t11?,12-,15?/m1/s1. The molecule has 1 saturated carbocycles. The van der Waals surface area contributed by atoms with E-state index in [4.69, 9.17) is 11.6 Å². The largest absolute Gasteiger partial charge is 0.307 e. The Hall–Kier alpha value is -0.530. The molecule has 0 heterocycles. The second-order valence-electron chi connectivity index (χ2n) is 6.57. The SMILES string of the molecule is CC1CC(C)(C)CC1N[C@H](C)c1ccccc1Cl. The third-order valence-electron chi connectivity index (χ3n) is 4.17. The van der Waals surface area contributed by atoms with Gasteiger partial charge in [-0.05, 0) is 42.7 Å². The number of hydrogen-bond acceptors (Lipinski definition) is 1. The van der Waals surface area contributed by atoms with Gasteiger partial charge in [-0.25, -0.2) is 0 Å². The number of nitrogens with one attached hydrogen (secondary N) is 1. The lowest BCUT2D eigenvalue weighted by atomic mass is 9.91. The molecule has 0 saturated heterocycles. The lowest BCUT2D eigenvalue weighted by Gasteiger charge is -2.24. The average molecular weight is 266 g/mol. The summed E-state index contributed by atoms with van der Waals surface area (Å²) in [5.41, 5.74) is 1.67. The van der Waals surface area contributed by atoms with Crippen molar-refractivity contribution in [1.29, 1.82) is 0 Å². The molecule has 1 aromatic carbocycles. The van der Waals surface area contributed by atoms with Gasteiger partial charge in [0.15, 0.2) is 0 Å². The minimum atomic E-state index is 0.319. The van der Waals surface area contributed by atoms with Crippen molar-refractivity contribution in [2.45, 2.75) is 52.6 Å². The maximum absolute atomic E-state index is 6.26. The van der Waals surface area contributed by atoms with Crippen LogP contribution in [0.2, 0.25) is 5.02 Å². The molecule has 1 nitrogen and oxygen atoms in total. The molecule has 1 aliphatic rings. The molecule has 1 fully saturated rings. The molecule has 0 bridgehead atoms. The number of halogens is 1. The van der Waals surface area contributed by atoms with Crippen LogP contribution in [0.1, 0.15) is 52.1 Å². The van der Waals surface area contributed by atoms with Crippen molar-refractivity contribution in [3.63, 3.8) is 0 Å². The molecule has 1 aromatic rings. The fourth-order valence-corrected chi connectivity index (χ4v) is 3.65. The third-order valence-corrected chi connectivity index (χ3v) is 4.51. The molecule has 100 valence electrons. The van der Waals surface area contributed by atoms with Crippen molar-refractivity contribution in [3.05, 3.63) is 34.9 Å². The smallest absolute Gasteiger partial charge is 0.0453 e. The van der Waals surface area contributed by atoms with Gasteiger partial charge >= 0.3 is 0 Å². The Morgan fingerprint density at radius 2 is 1.94 bits per heavy atom. The zero-order valence-corrected chi connectivity index (χ0v) is 12.6. The van der Waals surface area contributed by atoms with E-state index in [1.165, 1.54) is 18.4 Å². The lowest BCUT2D eigenvalue weighted by molar-refractivity contribution is 0.356. The van der Waals surface area contributed by atoms with Gasteiger partial charge in [0.05, 0.1) is 0 Å². The van der Waals surface area contributed by atoms with Crippen LogP contribution in [0.5, 0.6) is 0 Å². The minimum absolute atomic E-state index is 0.319. The molecule has 18 heavy (non-hydrogen) atoms. The monoisotopic (exact) mass is 265 g/mol. The summed E-state index contributed by atoms with van der Waals surface area (Å²) in [4.78, 5) is 0. The Morgan fingerprint density at radius 1 is 1.28 bits per heavy atom. The number of hydrogen-bond donors (Lipinski definition) is 1. The van der Waals surface area contributed by atoms with Gasteiger partial charge in [0, 0.05) is 17.1 Å². The highest BCUT2D eigenvalue weighted by molar-refractivity contribution is 6.31. The van der Waals surface area contributed by atoms with E-state index in [0.717, 1.165) is 10.9 Å². The van der Waals surface area contributed by atoms with Gasteiger partial charge in [-0.2, -0.15) is 0 Å². The highest BCUT2D eigenvalue weighted by atomic mass is 35.5. The van der Waals surface area contributed by atoms with Crippen LogP contribution in [0.3, 0.4) is 0 Å². The average Bonchev–Trinajstić information content (AvgIpc) is 2.52. The molecule has 1 aliphatic carbocycles. The van der Waals surface area contributed by atoms with Gasteiger partial charge in [-0.3, -0.25) is 0 Å². The summed E-state index contributed by atoms with van der Waals surface area (Å²) in [6.45, 7) is 9.29. The first kappa shape index (κ1) is 13.9. The van der Waals surface area contributed by atoms with Crippen molar-refractivity contribution in [1.82, 2.24) is 5.32 Å². The summed E-state index contributed by atoms with van der Waals surface area (Å²) < 4.78 is 0. The predicted octanol–water partition coefficient (Wildman–Crippen LogP) is 4.82. The van der Waals surface area contributed by atoms with Gasteiger partial charge in [0.1, 0.15) is 0 Å². The Morgan fingerprint density at radius 3 is 2.50 bits per heavy atom. The Labute approximate surface area is 116 Å². The second kappa shape index (κ2) is 5.22. The molecule has 3 atom stereocenters. The summed E-state index contributed by atoms with van der Waals surface area (Å²) in [5, 5.41) is 4.62. The molecular weight excluding hydrogens is 242 g/mol. The van der Waals surface area contributed by atoms with Gasteiger partial charge in [-0.15, -0.1) is 0 Å². The Kier molecular flexibility index (Phi) is 4.03.